The highest BCUT2D eigenvalue weighted by atomic mass is 32.1. The molecule has 0 atom stereocenters. The van der Waals surface area contributed by atoms with Crippen molar-refractivity contribution in [3.63, 3.8) is 0 Å². The molecule has 0 radical (unpaired) electrons. The maximum absolute atomic E-state index is 2.37. The Kier molecular flexibility index (Phi) is 4.82. The average Bonchev–Trinajstić information content (AvgIpc) is 3.13. The molecule has 0 aliphatic rings. The molecule has 0 aliphatic carbocycles. The smallest absolute Gasteiger partial charge is 0.189 e. The Morgan fingerprint density at radius 1 is 0.640 bits per heavy atom. The van der Waals surface area contributed by atoms with Crippen LogP contribution >= 0.6 is 22.7 Å². The zero-order valence-corrected chi connectivity index (χ0v) is 16.5. The molecule has 0 saturated heterocycles. The monoisotopic (exact) mass is 368 g/mol. The Labute approximate surface area is 157 Å². The molecule has 0 amide bonds. The fraction of sp³-hybridized carbons (Fsp3) is 0.333. The van der Waals surface area contributed by atoms with Crippen molar-refractivity contribution < 1.29 is 9.13 Å². The number of rotatable bonds is 6. The van der Waals surface area contributed by atoms with Crippen molar-refractivity contribution in [3.05, 3.63) is 58.5 Å². The van der Waals surface area contributed by atoms with Crippen molar-refractivity contribution in [2.45, 2.75) is 32.1 Å². The van der Waals surface area contributed by atoms with E-state index < -0.39 is 0 Å². The summed E-state index contributed by atoms with van der Waals surface area (Å²) in [5.41, 5.74) is 2.72. The summed E-state index contributed by atoms with van der Waals surface area (Å²) in [5, 5.41) is 2.99. The van der Waals surface area contributed by atoms with Gasteiger partial charge in [-0.2, -0.15) is 9.13 Å². The normalized spacial score (nSPS) is 11.6. The molecule has 4 aromatic rings. The van der Waals surface area contributed by atoms with E-state index in [4.69, 9.17) is 0 Å². The van der Waals surface area contributed by atoms with E-state index in [1.807, 2.05) is 22.7 Å². The van der Waals surface area contributed by atoms with Crippen molar-refractivity contribution in [2.24, 2.45) is 14.1 Å². The van der Waals surface area contributed by atoms with Crippen molar-refractivity contribution in [3.8, 4) is 0 Å². The zero-order chi connectivity index (χ0) is 17.2. The molecular weight excluding hydrogens is 344 g/mol. The van der Waals surface area contributed by atoms with Crippen LogP contribution in [0.15, 0.2) is 48.5 Å². The number of benzene rings is 2. The lowest BCUT2D eigenvalue weighted by atomic mass is 10.1. The van der Waals surface area contributed by atoms with Crippen LogP contribution in [0.4, 0.5) is 0 Å². The Balaban J connectivity index is 1.33. The lowest BCUT2D eigenvalue weighted by molar-refractivity contribution is -0.648. The van der Waals surface area contributed by atoms with Gasteiger partial charge in [0.05, 0.1) is 0 Å². The minimum Gasteiger partial charge on any atom is -0.189 e. The van der Waals surface area contributed by atoms with Crippen LogP contribution in [0.5, 0.6) is 0 Å². The second-order valence-corrected chi connectivity index (χ2v) is 8.84. The number of hydrogen-bond acceptors (Lipinski definition) is 2. The number of fused-ring (bicyclic) bond motifs is 2. The van der Waals surface area contributed by atoms with Crippen LogP contribution < -0.4 is 9.13 Å². The molecule has 0 bridgehead atoms. The van der Waals surface area contributed by atoms with Crippen molar-refractivity contribution >= 4 is 43.1 Å². The van der Waals surface area contributed by atoms with Gasteiger partial charge in [0, 0.05) is 25.0 Å². The molecule has 2 aromatic carbocycles. The molecule has 0 N–H and O–H groups in total. The van der Waals surface area contributed by atoms with Crippen molar-refractivity contribution in [2.75, 3.05) is 0 Å². The first-order valence-corrected chi connectivity index (χ1v) is 10.6. The predicted molar refractivity (Wildman–Crippen MR) is 107 cm³/mol. The molecule has 4 rings (SSSR count). The molecule has 0 spiro atoms. The maximum atomic E-state index is 2.37. The van der Waals surface area contributed by atoms with Gasteiger partial charge in [-0.05, 0) is 25.0 Å². The second-order valence-electron chi connectivity index (χ2n) is 6.61. The second kappa shape index (κ2) is 7.22. The van der Waals surface area contributed by atoms with Crippen LogP contribution in [0.1, 0.15) is 29.3 Å². The van der Waals surface area contributed by atoms with Gasteiger partial charge in [-0.3, -0.25) is 0 Å². The van der Waals surface area contributed by atoms with E-state index >= 15 is 0 Å². The number of hydrogen-bond donors (Lipinski definition) is 0. The minimum atomic E-state index is 1.19. The first-order valence-electron chi connectivity index (χ1n) is 8.97. The topological polar surface area (TPSA) is 7.76 Å². The van der Waals surface area contributed by atoms with E-state index in [2.05, 4.69) is 71.8 Å². The first kappa shape index (κ1) is 16.7. The van der Waals surface area contributed by atoms with Gasteiger partial charge in [-0.1, -0.05) is 53.4 Å². The summed E-state index contributed by atoms with van der Waals surface area (Å²) in [4.78, 5) is 0. The third-order valence-electron chi connectivity index (χ3n) is 4.94. The largest absolute Gasteiger partial charge is 0.238 e. The lowest BCUT2D eigenvalue weighted by Gasteiger charge is -1.97. The van der Waals surface area contributed by atoms with Crippen LogP contribution in [-0.4, -0.2) is 0 Å². The van der Waals surface area contributed by atoms with Crippen molar-refractivity contribution in [1.82, 2.24) is 0 Å². The van der Waals surface area contributed by atoms with Gasteiger partial charge < -0.3 is 0 Å². The van der Waals surface area contributed by atoms with Crippen molar-refractivity contribution in [1.29, 1.82) is 0 Å². The standard InChI is InChI=1S/C21H24N2S2/c1-22-16-10-6-8-12-18(16)24-20(22)14-4-3-5-15-21-23(2)17-11-7-9-13-19(17)25-21/h6-13H,3-5,14-15H2,1-2H3/q+2. The summed E-state index contributed by atoms with van der Waals surface area (Å²) < 4.78 is 7.53. The number of unbranched alkanes of at least 4 members (excludes halogenated alkanes) is 2. The summed E-state index contributed by atoms with van der Waals surface area (Å²) in [7, 11) is 4.40. The fourth-order valence-corrected chi connectivity index (χ4v) is 5.85. The molecule has 2 heterocycles. The van der Waals surface area contributed by atoms with Crippen LogP contribution in [-0.2, 0) is 26.9 Å². The third-order valence-corrected chi connectivity index (χ3v) is 7.50. The Morgan fingerprint density at radius 2 is 1.08 bits per heavy atom. The Bertz CT molecular complexity index is 931. The van der Waals surface area contributed by atoms with Gasteiger partial charge in [-0.25, -0.2) is 0 Å². The summed E-state index contributed by atoms with van der Waals surface area (Å²) in [6.45, 7) is 0. The minimum absolute atomic E-state index is 1.19. The Hall–Kier alpha value is -1.78. The molecule has 2 aromatic heterocycles. The number of aryl methyl sites for hydroxylation is 4. The molecule has 0 unspecified atom stereocenters. The van der Waals surface area contributed by atoms with Gasteiger partial charge in [0.25, 0.3) is 0 Å². The highest BCUT2D eigenvalue weighted by Crippen LogP contribution is 2.23. The van der Waals surface area contributed by atoms with E-state index in [-0.39, 0.29) is 0 Å². The van der Waals surface area contributed by atoms with Crippen LogP contribution in [0.25, 0.3) is 20.4 Å². The zero-order valence-electron chi connectivity index (χ0n) is 14.9. The summed E-state index contributed by atoms with van der Waals surface area (Å²) in [6.07, 6.45) is 6.22. The van der Waals surface area contributed by atoms with Gasteiger partial charge in [0.15, 0.2) is 0 Å². The maximum Gasteiger partial charge on any atom is 0.238 e. The van der Waals surface area contributed by atoms with E-state index in [0.29, 0.717) is 0 Å². The van der Waals surface area contributed by atoms with Gasteiger partial charge in [0.2, 0.25) is 21.0 Å². The predicted octanol–water partition coefficient (Wildman–Crippen LogP) is 4.72. The van der Waals surface area contributed by atoms with E-state index in [1.165, 1.54) is 62.6 Å². The molecule has 2 nitrogen and oxygen atoms in total. The van der Waals surface area contributed by atoms with Crippen LogP contribution in [0.3, 0.4) is 0 Å². The third kappa shape index (κ3) is 3.33. The Morgan fingerprint density at radius 3 is 1.52 bits per heavy atom. The highest BCUT2D eigenvalue weighted by Gasteiger charge is 2.17. The van der Waals surface area contributed by atoms with E-state index in [0.717, 1.165) is 0 Å². The van der Waals surface area contributed by atoms with Gasteiger partial charge in [0.1, 0.15) is 23.5 Å². The number of thiazole rings is 2. The fourth-order valence-electron chi connectivity index (χ4n) is 3.47. The molecular formula is C21H24N2S2+2. The van der Waals surface area contributed by atoms with Crippen LogP contribution in [0.2, 0.25) is 0 Å². The van der Waals surface area contributed by atoms with Crippen LogP contribution in [0, 0.1) is 0 Å². The van der Waals surface area contributed by atoms with E-state index in [9.17, 15) is 0 Å². The molecule has 4 heteroatoms. The number of aromatic nitrogens is 2. The summed E-state index contributed by atoms with van der Waals surface area (Å²) in [6, 6.07) is 17.4. The lowest BCUT2D eigenvalue weighted by Crippen LogP contribution is -2.31. The summed E-state index contributed by atoms with van der Waals surface area (Å²) in [5.74, 6) is 0. The number of nitrogens with zero attached hydrogens (tertiary/aromatic N) is 2. The molecule has 0 fully saturated rings. The van der Waals surface area contributed by atoms with Gasteiger partial charge >= 0.3 is 0 Å². The summed E-state index contributed by atoms with van der Waals surface area (Å²) >= 11 is 3.89. The molecule has 128 valence electrons. The molecule has 0 saturated carbocycles. The van der Waals surface area contributed by atoms with Gasteiger partial charge in [-0.15, -0.1) is 0 Å². The van der Waals surface area contributed by atoms with E-state index in [1.54, 1.807) is 0 Å². The quantitative estimate of drug-likeness (QED) is 0.344. The highest BCUT2D eigenvalue weighted by molar-refractivity contribution is 7.18. The number of para-hydroxylation sites is 2. The molecule has 0 aliphatic heterocycles. The first-order chi connectivity index (χ1) is 12.2. The average molecular weight is 369 g/mol. The molecule has 25 heavy (non-hydrogen) atoms. The SMILES string of the molecule is C[n+]1c(CCCCCc2sc3ccccc3[n+]2C)sc2ccccc21.